The number of carboxylic acid groups (broad SMARTS) is 1. The summed E-state index contributed by atoms with van der Waals surface area (Å²) in [5.74, 6) is -3.20. The Balaban J connectivity index is 1.63. The average Bonchev–Trinajstić information content (AvgIpc) is 3.47. The number of aliphatic hydroxyl groups excluding tert-OH is 1. The number of H-pyrrole nitrogens is 1. The van der Waals surface area contributed by atoms with Crippen LogP contribution in [0, 0.1) is 0 Å². The highest BCUT2D eigenvalue weighted by Gasteiger charge is 2.38. The first-order valence-electron chi connectivity index (χ1n) is 10.9. The van der Waals surface area contributed by atoms with E-state index in [1.807, 2.05) is 24.3 Å². The van der Waals surface area contributed by atoms with Gasteiger partial charge in [-0.05, 0) is 30.9 Å². The summed E-state index contributed by atoms with van der Waals surface area (Å²) in [6.45, 7) is -0.438. The van der Waals surface area contributed by atoms with Gasteiger partial charge in [-0.3, -0.25) is 14.4 Å². The second kappa shape index (κ2) is 11.4. The predicted molar refractivity (Wildman–Crippen MR) is 127 cm³/mol. The number of nitrogens with two attached hydrogens (primary N) is 1. The summed E-state index contributed by atoms with van der Waals surface area (Å²) >= 11 is 3.92. The van der Waals surface area contributed by atoms with Crippen molar-refractivity contribution in [2.24, 2.45) is 5.73 Å². The molecule has 0 saturated carbocycles. The Morgan fingerprint density at radius 3 is 2.62 bits per heavy atom. The maximum Gasteiger partial charge on any atom is 0.327 e. The highest BCUT2D eigenvalue weighted by molar-refractivity contribution is 7.80. The van der Waals surface area contributed by atoms with Gasteiger partial charge in [-0.15, -0.1) is 0 Å². The fourth-order valence-corrected chi connectivity index (χ4v) is 4.30. The van der Waals surface area contributed by atoms with E-state index >= 15 is 0 Å². The predicted octanol–water partition coefficient (Wildman–Crippen LogP) is -0.995. The van der Waals surface area contributed by atoms with E-state index in [0.29, 0.717) is 12.8 Å². The Bertz CT molecular complexity index is 1060. The smallest absolute Gasteiger partial charge is 0.327 e. The number of hydrogen-bond donors (Lipinski definition) is 7. The molecule has 0 spiro atoms. The minimum atomic E-state index is -1.28. The van der Waals surface area contributed by atoms with E-state index < -0.39 is 54.5 Å². The van der Waals surface area contributed by atoms with Crippen LogP contribution in [-0.2, 0) is 25.6 Å². The van der Waals surface area contributed by atoms with Crippen molar-refractivity contribution in [2.75, 3.05) is 18.9 Å². The maximum absolute atomic E-state index is 13.0. The van der Waals surface area contributed by atoms with E-state index in [1.165, 1.54) is 4.90 Å². The molecule has 1 aliphatic heterocycles. The molecule has 2 aromatic rings. The van der Waals surface area contributed by atoms with Gasteiger partial charge in [0.1, 0.15) is 18.1 Å². The molecular weight excluding hydrogens is 462 g/mol. The Morgan fingerprint density at radius 1 is 1.21 bits per heavy atom. The first kappa shape index (κ1) is 25.5. The van der Waals surface area contributed by atoms with Crippen molar-refractivity contribution in [2.45, 2.75) is 43.4 Å². The third kappa shape index (κ3) is 5.69. The molecule has 1 saturated heterocycles. The summed E-state index contributed by atoms with van der Waals surface area (Å²) in [6.07, 6.45) is 2.85. The third-order valence-electron chi connectivity index (χ3n) is 5.88. The average molecular weight is 492 g/mol. The largest absolute Gasteiger partial charge is 0.480 e. The molecule has 0 radical (unpaired) electrons. The van der Waals surface area contributed by atoms with Crippen LogP contribution in [0.4, 0.5) is 0 Å². The molecule has 1 aromatic carbocycles. The number of amides is 3. The summed E-state index contributed by atoms with van der Waals surface area (Å²) < 4.78 is 0. The van der Waals surface area contributed by atoms with Crippen LogP contribution in [0.15, 0.2) is 30.5 Å². The highest BCUT2D eigenvalue weighted by Crippen LogP contribution is 2.20. The molecule has 3 rings (SSSR count). The molecule has 3 amide bonds. The van der Waals surface area contributed by atoms with Gasteiger partial charge in [0.15, 0.2) is 0 Å². The molecule has 2 heterocycles. The zero-order valence-corrected chi connectivity index (χ0v) is 19.3. The number of likely N-dealkylation sites (tertiary alicyclic amines) is 1. The van der Waals surface area contributed by atoms with E-state index in [4.69, 9.17) is 10.8 Å². The summed E-state index contributed by atoms with van der Waals surface area (Å²) in [5, 5.41) is 24.7. The van der Waals surface area contributed by atoms with Crippen LogP contribution in [-0.4, -0.2) is 86.9 Å². The van der Waals surface area contributed by atoms with Gasteiger partial charge in [-0.2, -0.15) is 12.6 Å². The fraction of sp³-hybridized carbons (Fsp3) is 0.455. The summed E-state index contributed by atoms with van der Waals surface area (Å²) in [6, 6.07) is 3.24. The molecule has 1 fully saturated rings. The number of fused-ring (bicyclic) bond motifs is 1. The summed E-state index contributed by atoms with van der Waals surface area (Å²) in [5.41, 5.74) is 7.83. The van der Waals surface area contributed by atoms with Crippen LogP contribution in [0.5, 0.6) is 0 Å². The molecule has 0 aliphatic carbocycles. The molecule has 4 unspecified atom stereocenters. The SMILES string of the molecule is NC(Cc1c[nH]c2ccccc12)C(=O)NC(CO)C(=O)N1CCCC1C(=O)NC(CS)C(=O)O. The monoisotopic (exact) mass is 491 g/mol. The Kier molecular flexibility index (Phi) is 8.53. The Morgan fingerprint density at radius 2 is 1.94 bits per heavy atom. The lowest BCUT2D eigenvalue weighted by Gasteiger charge is -2.29. The number of aromatic amines is 1. The standard InChI is InChI=1S/C22H29N5O6S/c23-14(8-12-9-24-15-5-2-1-4-13(12)15)19(29)25-16(10-28)21(31)27-7-3-6-18(27)20(30)26-17(11-34)22(32)33/h1-2,4-5,9,14,16-18,24,28,34H,3,6-8,10-11,23H2,(H,25,29)(H,26,30)(H,32,33). The number of carbonyl (C=O) groups excluding carboxylic acids is 3. The van der Waals surface area contributed by atoms with Crippen LogP contribution in [0.3, 0.4) is 0 Å². The second-order valence-corrected chi connectivity index (χ2v) is 8.55. The molecular formula is C22H29N5O6S. The number of thiol groups is 1. The maximum atomic E-state index is 13.0. The third-order valence-corrected chi connectivity index (χ3v) is 6.25. The molecule has 12 heteroatoms. The van der Waals surface area contributed by atoms with Crippen molar-refractivity contribution in [1.29, 1.82) is 0 Å². The van der Waals surface area contributed by atoms with E-state index in [0.717, 1.165) is 16.5 Å². The first-order chi connectivity index (χ1) is 16.3. The summed E-state index contributed by atoms with van der Waals surface area (Å²) in [4.78, 5) is 53.8. The van der Waals surface area contributed by atoms with Gasteiger partial charge in [0.05, 0.1) is 12.6 Å². The number of benzene rings is 1. The molecule has 1 aliphatic rings. The number of nitrogens with one attached hydrogen (secondary N) is 3. The quantitative estimate of drug-likeness (QED) is 0.208. The lowest BCUT2D eigenvalue weighted by atomic mass is 10.0. The number of carboxylic acids is 1. The van der Waals surface area contributed by atoms with Crippen LogP contribution in [0.25, 0.3) is 10.9 Å². The highest BCUT2D eigenvalue weighted by atomic mass is 32.1. The zero-order chi connectivity index (χ0) is 24.8. The van der Waals surface area contributed by atoms with Gasteiger partial charge in [0, 0.05) is 29.4 Å². The molecule has 11 nitrogen and oxygen atoms in total. The van der Waals surface area contributed by atoms with Crippen molar-refractivity contribution in [1.82, 2.24) is 20.5 Å². The van der Waals surface area contributed by atoms with E-state index in [9.17, 15) is 24.3 Å². The number of aliphatic hydroxyl groups is 1. The minimum Gasteiger partial charge on any atom is -0.480 e. The topological polar surface area (TPSA) is 178 Å². The van der Waals surface area contributed by atoms with Crippen molar-refractivity contribution in [3.8, 4) is 0 Å². The fourth-order valence-electron chi connectivity index (χ4n) is 4.05. The summed E-state index contributed by atoms with van der Waals surface area (Å²) in [7, 11) is 0. The second-order valence-electron chi connectivity index (χ2n) is 8.19. The van der Waals surface area contributed by atoms with E-state index in [1.54, 1.807) is 6.20 Å². The van der Waals surface area contributed by atoms with Crippen molar-refractivity contribution >= 4 is 47.2 Å². The first-order valence-corrected chi connectivity index (χ1v) is 11.6. The van der Waals surface area contributed by atoms with Crippen molar-refractivity contribution < 1.29 is 29.4 Å². The number of aromatic nitrogens is 1. The number of hydrogen-bond acceptors (Lipinski definition) is 7. The van der Waals surface area contributed by atoms with E-state index in [-0.39, 0.29) is 18.7 Å². The lowest BCUT2D eigenvalue weighted by molar-refractivity contribution is -0.144. The molecule has 4 atom stereocenters. The number of nitrogens with zero attached hydrogens (tertiary/aromatic N) is 1. The van der Waals surface area contributed by atoms with Gasteiger partial charge in [-0.1, -0.05) is 18.2 Å². The Labute approximate surface area is 201 Å². The lowest BCUT2D eigenvalue weighted by Crippen LogP contribution is -2.58. The van der Waals surface area contributed by atoms with Gasteiger partial charge in [0.2, 0.25) is 17.7 Å². The number of rotatable bonds is 10. The van der Waals surface area contributed by atoms with Crippen LogP contribution < -0.4 is 16.4 Å². The number of aliphatic carboxylic acids is 1. The van der Waals surface area contributed by atoms with Crippen LogP contribution in [0.1, 0.15) is 18.4 Å². The Hall–Kier alpha value is -3.09. The zero-order valence-electron chi connectivity index (χ0n) is 18.4. The molecule has 0 bridgehead atoms. The van der Waals surface area contributed by atoms with Crippen LogP contribution >= 0.6 is 12.6 Å². The minimum absolute atomic E-state index is 0.106. The molecule has 7 N–H and O–H groups in total. The normalized spacial score (nSPS) is 18.3. The molecule has 184 valence electrons. The van der Waals surface area contributed by atoms with Crippen molar-refractivity contribution in [3.05, 3.63) is 36.0 Å². The molecule has 34 heavy (non-hydrogen) atoms. The van der Waals surface area contributed by atoms with Gasteiger partial charge in [0.25, 0.3) is 0 Å². The molecule has 1 aromatic heterocycles. The van der Waals surface area contributed by atoms with Crippen molar-refractivity contribution in [3.63, 3.8) is 0 Å². The van der Waals surface area contributed by atoms with Gasteiger partial charge >= 0.3 is 5.97 Å². The van der Waals surface area contributed by atoms with E-state index in [2.05, 4.69) is 28.2 Å². The van der Waals surface area contributed by atoms with Gasteiger partial charge < -0.3 is 36.5 Å². The van der Waals surface area contributed by atoms with Crippen LogP contribution in [0.2, 0.25) is 0 Å². The number of carbonyl (C=O) groups is 4. The number of para-hydroxylation sites is 1. The van der Waals surface area contributed by atoms with Gasteiger partial charge in [-0.25, -0.2) is 4.79 Å².